The van der Waals surface area contributed by atoms with Gasteiger partial charge in [0.25, 0.3) is 11.8 Å². The van der Waals surface area contributed by atoms with E-state index in [9.17, 15) is 14.4 Å². The average Bonchev–Trinajstić information content (AvgIpc) is 3.37. The Kier molecular flexibility index (Phi) is 7.30. The number of aryl methyl sites for hydroxylation is 2. The zero-order valence-corrected chi connectivity index (χ0v) is 23.1. The van der Waals surface area contributed by atoms with Gasteiger partial charge in [-0.1, -0.05) is 28.1 Å². The van der Waals surface area contributed by atoms with Gasteiger partial charge in [0.15, 0.2) is 23.0 Å². The van der Waals surface area contributed by atoms with E-state index in [0.717, 1.165) is 21.6 Å². The number of urea groups is 1. The number of rotatable bonds is 7. The van der Waals surface area contributed by atoms with Gasteiger partial charge in [0.05, 0.1) is 12.3 Å². The molecule has 0 saturated carbocycles. The summed E-state index contributed by atoms with van der Waals surface area (Å²) in [6, 6.07) is 13.4. The van der Waals surface area contributed by atoms with E-state index in [2.05, 4.69) is 21.2 Å². The summed E-state index contributed by atoms with van der Waals surface area (Å²) in [5, 5.41) is 2.26. The number of hydrogen-bond donors (Lipinski definition) is 1. The van der Waals surface area contributed by atoms with Crippen LogP contribution in [0.2, 0.25) is 0 Å². The smallest absolute Gasteiger partial charge is 0.335 e. The van der Waals surface area contributed by atoms with Crippen LogP contribution in [0.4, 0.5) is 10.5 Å². The molecule has 2 aliphatic rings. The van der Waals surface area contributed by atoms with E-state index in [-0.39, 0.29) is 19.0 Å². The van der Waals surface area contributed by atoms with Crippen LogP contribution in [0.3, 0.4) is 0 Å². The van der Waals surface area contributed by atoms with Gasteiger partial charge in [-0.25, -0.2) is 9.69 Å². The summed E-state index contributed by atoms with van der Waals surface area (Å²) in [7, 11) is 0. The first-order valence-corrected chi connectivity index (χ1v) is 13.0. The fraction of sp³-hybridized carbons (Fsp3) is 0.207. The second-order valence-corrected chi connectivity index (χ2v) is 9.81. The molecule has 0 atom stereocenters. The quantitative estimate of drug-likeness (QED) is 0.288. The maximum Gasteiger partial charge on any atom is 0.335 e. The lowest BCUT2D eigenvalue weighted by atomic mass is 10.0. The molecular formula is C29H25BrN2O7. The van der Waals surface area contributed by atoms with Gasteiger partial charge in [-0.15, -0.1) is 0 Å². The van der Waals surface area contributed by atoms with Crippen molar-refractivity contribution >= 4 is 45.5 Å². The third kappa shape index (κ3) is 5.33. The molecular weight excluding hydrogens is 568 g/mol. The molecule has 10 heteroatoms. The average molecular weight is 593 g/mol. The van der Waals surface area contributed by atoms with E-state index in [4.69, 9.17) is 18.9 Å². The molecule has 39 heavy (non-hydrogen) atoms. The summed E-state index contributed by atoms with van der Waals surface area (Å²) < 4.78 is 23.2. The zero-order valence-electron chi connectivity index (χ0n) is 21.5. The molecule has 4 amide bonds. The first-order valence-electron chi connectivity index (χ1n) is 12.2. The van der Waals surface area contributed by atoms with Crippen LogP contribution in [-0.4, -0.2) is 31.2 Å². The summed E-state index contributed by atoms with van der Waals surface area (Å²) in [6.07, 6.45) is 1.42. The fourth-order valence-corrected chi connectivity index (χ4v) is 4.58. The summed E-state index contributed by atoms with van der Waals surface area (Å²) >= 11 is 3.52. The lowest BCUT2D eigenvalue weighted by Gasteiger charge is -2.27. The van der Waals surface area contributed by atoms with Gasteiger partial charge in [-0.05, 0) is 85.5 Å². The predicted octanol–water partition coefficient (Wildman–Crippen LogP) is 5.44. The van der Waals surface area contributed by atoms with E-state index >= 15 is 0 Å². The number of amides is 4. The van der Waals surface area contributed by atoms with E-state index in [1.165, 1.54) is 6.08 Å². The summed E-state index contributed by atoms with van der Waals surface area (Å²) in [5.74, 6) is 0.744. The van der Waals surface area contributed by atoms with Gasteiger partial charge in [0.2, 0.25) is 6.79 Å². The molecule has 5 rings (SSSR count). The van der Waals surface area contributed by atoms with E-state index in [0.29, 0.717) is 45.3 Å². The van der Waals surface area contributed by atoms with Crippen molar-refractivity contribution in [2.24, 2.45) is 0 Å². The van der Waals surface area contributed by atoms with E-state index < -0.39 is 17.8 Å². The number of fused-ring (bicyclic) bond motifs is 1. The van der Waals surface area contributed by atoms with Crippen molar-refractivity contribution in [2.45, 2.75) is 27.4 Å². The first-order chi connectivity index (χ1) is 18.7. The normalized spacial score (nSPS) is 15.5. The molecule has 200 valence electrons. The molecule has 1 saturated heterocycles. The third-order valence-corrected chi connectivity index (χ3v) is 7.03. The minimum absolute atomic E-state index is 0.190. The Morgan fingerprint density at radius 2 is 1.72 bits per heavy atom. The van der Waals surface area contributed by atoms with Crippen molar-refractivity contribution in [2.75, 3.05) is 18.3 Å². The number of imide groups is 2. The highest BCUT2D eigenvalue weighted by atomic mass is 79.9. The number of anilines is 1. The topological polar surface area (TPSA) is 103 Å². The number of halogens is 1. The maximum absolute atomic E-state index is 13.4. The van der Waals surface area contributed by atoms with Crippen LogP contribution < -0.4 is 29.2 Å². The molecule has 0 unspecified atom stereocenters. The highest BCUT2D eigenvalue weighted by Crippen LogP contribution is 2.37. The molecule has 1 fully saturated rings. The van der Waals surface area contributed by atoms with Crippen LogP contribution in [0.15, 0.2) is 58.6 Å². The van der Waals surface area contributed by atoms with Crippen molar-refractivity contribution in [3.63, 3.8) is 0 Å². The number of hydrogen-bond acceptors (Lipinski definition) is 7. The number of carbonyl (C=O) groups excluding carboxylic acids is 3. The lowest BCUT2D eigenvalue weighted by molar-refractivity contribution is -0.122. The SMILES string of the molecule is CCOc1cc(/C=C2\C(=O)NC(=O)N(c3ccc(C)c(C)c3)C2=O)c(Br)cc1OCc1ccc2c(c1)OCO2. The first kappa shape index (κ1) is 26.3. The Hall–Kier alpha value is -4.31. The fourth-order valence-electron chi connectivity index (χ4n) is 4.15. The number of barbiturate groups is 1. The van der Waals surface area contributed by atoms with Crippen molar-refractivity contribution in [1.29, 1.82) is 0 Å². The van der Waals surface area contributed by atoms with Gasteiger partial charge >= 0.3 is 6.03 Å². The van der Waals surface area contributed by atoms with Crippen molar-refractivity contribution in [3.8, 4) is 23.0 Å². The molecule has 0 bridgehead atoms. The molecule has 0 aromatic heterocycles. The second-order valence-electron chi connectivity index (χ2n) is 8.96. The zero-order chi connectivity index (χ0) is 27.7. The summed E-state index contributed by atoms with van der Waals surface area (Å²) in [5.41, 5.74) is 3.50. The van der Waals surface area contributed by atoms with E-state index in [1.807, 2.05) is 45.0 Å². The number of carbonyl (C=O) groups is 3. The molecule has 3 aromatic rings. The Morgan fingerprint density at radius 3 is 2.49 bits per heavy atom. The molecule has 9 nitrogen and oxygen atoms in total. The van der Waals surface area contributed by atoms with Crippen LogP contribution in [0.25, 0.3) is 6.08 Å². The number of nitrogens with zero attached hydrogens (tertiary/aromatic N) is 1. The van der Waals surface area contributed by atoms with Gasteiger partial charge in [-0.2, -0.15) is 0 Å². The number of ether oxygens (including phenoxy) is 4. The molecule has 0 spiro atoms. The number of benzene rings is 3. The van der Waals surface area contributed by atoms with Crippen LogP contribution >= 0.6 is 15.9 Å². The van der Waals surface area contributed by atoms with Gasteiger partial charge < -0.3 is 18.9 Å². The van der Waals surface area contributed by atoms with Crippen molar-refractivity contribution in [3.05, 3.63) is 80.8 Å². The molecule has 2 heterocycles. The Bertz CT molecular complexity index is 1530. The minimum Gasteiger partial charge on any atom is -0.490 e. The van der Waals surface area contributed by atoms with Crippen LogP contribution in [-0.2, 0) is 16.2 Å². The molecule has 1 N–H and O–H groups in total. The molecule has 0 aliphatic carbocycles. The lowest BCUT2D eigenvalue weighted by Crippen LogP contribution is -2.54. The monoisotopic (exact) mass is 592 g/mol. The molecule has 0 radical (unpaired) electrons. The second kappa shape index (κ2) is 10.8. The Balaban J connectivity index is 1.43. The van der Waals surface area contributed by atoms with Gasteiger partial charge in [0, 0.05) is 4.47 Å². The predicted molar refractivity (Wildman–Crippen MR) is 147 cm³/mol. The van der Waals surface area contributed by atoms with Crippen molar-refractivity contribution < 1.29 is 33.3 Å². The molecule has 2 aliphatic heterocycles. The summed E-state index contributed by atoms with van der Waals surface area (Å²) in [4.78, 5) is 39.6. The van der Waals surface area contributed by atoms with Crippen molar-refractivity contribution in [1.82, 2.24) is 5.32 Å². The Morgan fingerprint density at radius 1 is 0.949 bits per heavy atom. The Labute approximate surface area is 233 Å². The van der Waals surface area contributed by atoms with E-state index in [1.54, 1.807) is 24.3 Å². The van der Waals surface area contributed by atoms with Crippen LogP contribution in [0.1, 0.15) is 29.2 Å². The summed E-state index contributed by atoms with van der Waals surface area (Å²) in [6.45, 7) is 6.46. The maximum atomic E-state index is 13.4. The third-order valence-electron chi connectivity index (χ3n) is 6.34. The molecule has 3 aromatic carbocycles. The standard InChI is InChI=1S/C29H25BrN2O7/c1-4-36-25-12-19(22(30)13-26(25)37-14-18-6-8-23-24(10-18)39-15-38-23)11-21-27(33)31-29(35)32(28(21)34)20-7-5-16(2)17(3)9-20/h5-13H,4,14-15H2,1-3H3,(H,31,33,35)/b21-11+. The van der Waals surface area contributed by atoms with Crippen LogP contribution in [0.5, 0.6) is 23.0 Å². The van der Waals surface area contributed by atoms with Gasteiger partial charge in [0.1, 0.15) is 12.2 Å². The highest BCUT2D eigenvalue weighted by Gasteiger charge is 2.37. The van der Waals surface area contributed by atoms with Crippen LogP contribution in [0, 0.1) is 13.8 Å². The number of nitrogens with one attached hydrogen (secondary N) is 1. The van der Waals surface area contributed by atoms with Gasteiger partial charge in [-0.3, -0.25) is 14.9 Å². The highest BCUT2D eigenvalue weighted by molar-refractivity contribution is 9.10. The largest absolute Gasteiger partial charge is 0.490 e. The minimum atomic E-state index is -0.799.